The predicted octanol–water partition coefficient (Wildman–Crippen LogP) is 6.41. The molecule has 0 atom stereocenters. The molecule has 0 aliphatic carbocycles. The lowest BCUT2D eigenvalue weighted by Crippen LogP contribution is -2.07. The third kappa shape index (κ3) is 4.14. The zero-order chi connectivity index (χ0) is 20.5. The number of hydrogen-bond acceptors (Lipinski definition) is 4. The first kappa shape index (κ1) is 20.2. The third-order valence-corrected chi connectivity index (χ3v) is 5.71. The Balaban J connectivity index is 1.94. The van der Waals surface area contributed by atoms with Gasteiger partial charge < -0.3 is 9.47 Å². The number of benzene rings is 2. The van der Waals surface area contributed by atoms with Crippen LogP contribution in [-0.2, 0) is 17.5 Å². The molecule has 0 fully saturated rings. The van der Waals surface area contributed by atoms with Gasteiger partial charge in [0.25, 0.3) is 0 Å². The van der Waals surface area contributed by atoms with Crippen molar-refractivity contribution < 1.29 is 27.4 Å². The standard InChI is InChI=1S/C21H19F3O3S/c1-12(2)18-10-16-17(28-18)9-8-15(20(25)26-3)19(16)27-11-13-4-6-14(7-5-13)21(22,23)24/h4-10,12H,11H2,1-3H3. The Labute approximate surface area is 164 Å². The first-order chi connectivity index (χ1) is 13.2. The molecule has 0 spiro atoms. The Kier molecular flexibility index (Phi) is 5.65. The number of carbonyl (C=O) groups is 1. The van der Waals surface area contributed by atoms with Crippen LogP contribution in [0.2, 0.25) is 0 Å². The van der Waals surface area contributed by atoms with Gasteiger partial charge in [0.1, 0.15) is 17.9 Å². The molecule has 0 aliphatic heterocycles. The number of halogens is 3. The van der Waals surface area contributed by atoms with Gasteiger partial charge in [-0.3, -0.25) is 0 Å². The SMILES string of the molecule is COC(=O)c1ccc2sc(C(C)C)cc2c1OCc1ccc(C(F)(F)F)cc1. The normalized spacial score (nSPS) is 11.8. The van der Waals surface area contributed by atoms with E-state index >= 15 is 0 Å². The highest BCUT2D eigenvalue weighted by Crippen LogP contribution is 2.39. The number of hydrogen-bond donors (Lipinski definition) is 0. The summed E-state index contributed by atoms with van der Waals surface area (Å²) in [4.78, 5) is 13.3. The molecular formula is C21H19F3O3S. The maximum atomic E-state index is 12.7. The van der Waals surface area contributed by atoms with Gasteiger partial charge in [0.15, 0.2) is 0 Å². The molecule has 28 heavy (non-hydrogen) atoms. The van der Waals surface area contributed by atoms with E-state index in [1.54, 1.807) is 17.4 Å². The first-order valence-corrected chi connectivity index (χ1v) is 9.46. The van der Waals surface area contributed by atoms with Gasteiger partial charge in [0, 0.05) is 15.0 Å². The summed E-state index contributed by atoms with van der Waals surface area (Å²) in [6.07, 6.45) is -4.38. The van der Waals surface area contributed by atoms with E-state index in [0.29, 0.717) is 17.2 Å². The number of rotatable bonds is 5. The van der Waals surface area contributed by atoms with Crippen LogP contribution in [0.25, 0.3) is 10.1 Å². The molecule has 0 unspecified atom stereocenters. The molecule has 148 valence electrons. The van der Waals surface area contributed by atoms with Crippen LogP contribution in [0.1, 0.15) is 46.1 Å². The molecule has 3 aromatic rings. The van der Waals surface area contributed by atoms with E-state index in [0.717, 1.165) is 27.1 Å². The highest BCUT2D eigenvalue weighted by atomic mass is 32.1. The van der Waals surface area contributed by atoms with Crippen LogP contribution >= 0.6 is 11.3 Å². The van der Waals surface area contributed by atoms with Crippen molar-refractivity contribution in [1.82, 2.24) is 0 Å². The number of alkyl halides is 3. The average molecular weight is 408 g/mol. The quantitative estimate of drug-likeness (QED) is 0.458. The van der Waals surface area contributed by atoms with Crippen LogP contribution in [0.15, 0.2) is 42.5 Å². The molecule has 0 saturated heterocycles. The monoisotopic (exact) mass is 408 g/mol. The fourth-order valence-corrected chi connectivity index (χ4v) is 3.83. The molecule has 2 aromatic carbocycles. The minimum atomic E-state index is -4.38. The van der Waals surface area contributed by atoms with Gasteiger partial charge in [0.05, 0.1) is 12.7 Å². The lowest BCUT2D eigenvalue weighted by Gasteiger charge is -2.13. The molecule has 3 rings (SSSR count). The highest BCUT2D eigenvalue weighted by molar-refractivity contribution is 7.19. The Morgan fingerprint density at radius 1 is 1.11 bits per heavy atom. The molecule has 0 aliphatic rings. The topological polar surface area (TPSA) is 35.5 Å². The molecule has 0 bridgehead atoms. The van der Waals surface area contributed by atoms with E-state index in [9.17, 15) is 18.0 Å². The third-order valence-electron chi connectivity index (χ3n) is 4.31. The summed E-state index contributed by atoms with van der Waals surface area (Å²) in [6, 6.07) is 10.3. The fourth-order valence-electron chi connectivity index (χ4n) is 2.76. The Hall–Kier alpha value is -2.54. The van der Waals surface area contributed by atoms with Crippen LogP contribution in [0, 0.1) is 0 Å². The van der Waals surface area contributed by atoms with Gasteiger partial charge in [-0.05, 0) is 41.8 Å². The van der Waals surface area contributed by atoms with E-state index in [-0.39, 0.29) is 12.2 Å². The largest absolute Gasteiger partial charge is 0.487 e. The summed E-state index contributed by atoms with van der Waals surface area (Å²) in [6.45, 7) is 4.19. The molecule has 0 amide bonds. The molecule has 1 heterocycles. The van der Waals surface area contributed by atoms with Crippen molar-refractivity contribution in [2.45, 2.75) is 32.5 Å². The smallest absolute Gasteiger partial charge is 0.416 e. The number of thiophene rings is 1. The van der Waals surface area contributed by atoms with Crippen molar-refractivity contribution in [3.05, 3.63) is 64.0 Å². The van der Waals surface area contributed by atoms with Crippen LogP contribution < -0.4 is 4.74 Å². The maximum absolute atomic E-state index is 12.7. The lowest BCUT2D eigenvalue weighted by molar-refractivity contribution is -0.137. The summed E-state index contributed by atoms with van der Waals surface area (Å²) >= 11 is 1.62. The van der Waals surface area contributed by atoms with Crippen LogP contribution in [0.4, 0.5) is 13.2 Å². The summed E-state index contributed by atoms with van der Waals surface area (Å²) in [7, 11) is 1.29. The zero-order valence-corrected chi connectivity index (χ0v) is 16.4. The average Bonchev–Trinajstić information content (AvgIpc) is 3.10. The molecule has 3 nitrogen and oxygen atoms in total. The Morgan fingerprint density at radius 3 is 2.36 bits per heavy atom. The molecule has 1 aromatic heterocycles. The van der Waals surface area contributed by atoms with Crippen LogP contribution in [0.5, 0.6) is 5.75 Å². The van der Waals surface area contributed by atoms with E-state index < -0.39 is 17.7 Å². The number of fused-ring (bicyclic) bond motifs is 1. The summed E-state index contributed by atoms with van der Waals surface area (Å²) in [5.41, 5.74) is 0.142. The van der Waals surface area contributed by atoms with Crippen LogP contribution in [-0.4, -0.2) is 13.1 Å². The maximum Gasteiger partial charge on any atom is 0.416 e. The molecule has 7 heteroatoms. The van der Waals surface area contributed by atoms with Gasteiger partial charge in [0.2, 0.25) is 0 Å². The molecule has 0 N–H and O–H groups in total. The minimum absolute atomic E-state index is 0.0358. The van der Waals surface area contributed by atoms with Crippen molar-refractivity contribution in [2.75, 3.05) is 7.11 Å². The van der Waals surface area contributed by atoms with E-state index in [4.69, 9.17) is 9.47 Å². The summed E-state index contributed by atoms with van der Waals surface area (Å²) < 4.78 is 49.9. The highest BCUT2D eigenvalue weighted by Gasteiger charge is 2.30. The lowest BCUT2D eigenvalue weighted by atomic mass is 10.1. The second kappa shape index (κ2) is 7.83. The number of esters is 1. The van der Waals surface area contributed by atoms with E-state index in [1.807, 2.05) is 12.1 Å². The Bertz CT molecular complexity index is 989. The zero-order valence-electron chi connectivity index (χ0n) is 15.6. The van der Waals surface area contributed by atoms with E-state index in [2.05, 4.69) is 13.8 Å². The van der Waals surface area contributed by atoms with Gasteiger partial charge in [-0.1, -0.05) is 26.0 Å². The molecular weight excluding hydrogens is 389 g/mol. The van der Waals surface area contributed by atoms with Crippen molar-refractivity contribution in [3.63, 3.8) is 0 Å². The first-order valence-electron chi connectivity index (χ1n) is 8.64. The fraction of sp³-hybridized carbons (Fsp3) is 0.286. The number of methoxy groups -OCH3 is 1. The Morgan fingerprint density at radius 2 is 1.79 bits per heavy atom. The van der Waals surface area contributed by atoms with E-state index in [1.165, 1.54) is 19.2 Å². The van der Waals surface area contributed by atoms with Gasteiger partial charge in [-0.2, -0.15) is 13.2 Å². The predicted molar refractivity (Wildman–Crippen MR) is 103 cm³/mol. The summed E-state index contributed by atoms with van der Waals surface area (Å²) in [5, 5.41) is 0.795. The second-order valence-corrected chi connectivity index (χ2v) is 7.75. The van der Waals surface area contributed by atoms with Gasteiger partial charge >= 0.3 is 12.1 Å². The minimum Gasteiger partial charge on any atom is -0.487 e. The van der Waals surface area contributed by atoms with Crippen molar-refractivity contribution in [2.24, 2.45) is 0 Å². The number of carbonyl (C=O) groups excluding carboxylic acids is 1. The van der Waals surface area contributed by atoms with Crippen molar-refractivity contribution in [1.29, 1.82) is 0 Å². The van der Waals surface area contributed by atoms with Crippen molar-refractivity contribution >= 4 is 27.4 Å². The van der Waals surface area contributed by atoms with Crippen molar-refractivity contribution in [3.8, 4) is 5.75 Å². The van der Waals surface area contributed by atoms with Gasteiger partial charge in [-0.15, -0.1) is 11.3 Å². The van der Waals surface area contributed by atoms with Gasteiger partial charge in [-0.25, -0.2) is 4.79 Å². The summed E-state index contributed by atoms with van der Waals surface area (Å²) in [5.74, 6) is 0.177. The number of ether oxygens (including phenoxy) is 2. The van der Waals surface area contributed by atoms with Crippen LogP contribution in [0.3, 0.4) is 0 Å². The molecule has 0 saturated carbocycles. The molecule has 0 radical (unpaired) electrons. The second-order valence-electron chi connectivity index (χ2n) is 6.63.